The Balaban J connectivity index is 1.70. The van der Waals surface area contributed by atoms with Crippen LogP contribution in [-0.2, 0) is 6.54 Å². The lowest BCUT2D eigenvalue weighted by molar-refractivity contribution is 0.102. The highest BCUT2D eigenvalue weighted by Gasteiger charge is 2.10. The van der Waals surface area contributed by atoms with Gasteiger partial charge in [-0.1, -0.05) is 47.5 Å². The van der Waals surface area contributed by atoms with Gasteiger partial charge >= 0.3 is 0 Å². The van der Waals surface area contributed by atoms with Gasteiger partial charge in [0.05, 0.1) is 0 Å². The standard InChI is InChI=1S/C21H20ClN3O/c1-14-4-3-5-16(10-14)13-24-18-8-9-23-20(12-18)21(26)25-19-11-17(22)7-6-15(19)2/h3-12H,13H2,1-2H3,(H,23,24)(H,25,26). The van der Waals surface area contributed by atoms with Crippen molar-refractivity contribution in [1.82, 2.24) is 4.98 Å². The summed E-state index contributed by atoms with van der Waals surface area (Å²) in [5.74, 6) is -0.269. The average molecular weight is 366 g/mol. The number of nitrogens with zero attached hydrogens (tertiary/aromatic N) is 1. The zero-order chi connectivity index (χ0) is 18.5. The molecule has 0 saturated carbocycles. The van der Waals surface area contributed by atoms with Crippen LogP contribution in [-0.4, -0.2) is 10.9 Å². The minimum atomic E-state index is -0.269. The van der Waals surface area contributed by atoms with Gasteiger partial charge in [-0.2, -0.15) is 0 Å². The van der Waals surface area contributed by atoms with Gasteiger partial charge in [-0.25, -0.2) is 0 Å². The fourth-order valence-electron chi connectivity index (χ4n) is 2.61. The van der Waals surface area contributed by atoms with Gasteiger partial charge in [0, 0.05) is 29.1 Å². The summed E-state index contributed by atoms with van der Waals surface area (Å²) in [7, 11) is 0. The summed E-state index contributed by atoms with van der Waals surface area (Å²) in [6.07, 6.45) is 1.62. The average Bonchev–Trinajstić information content (AvgIpc) is 2.63. The summed E-state index contributed by atoms with van der Waals surface area (Å²) in [5, 5.41) is 6.77. The molecule has 0 fully saturated rings. The van der Waals surface area contributed by atoms with E-state index in [4.69, 9.17) is 11.6 Å². The minimum Gasteiger partial charge on any atom is -0.381 e. The fourth-order valence-corrected chi connectivity index (χ4v) is 2.78. The van der Waals surface area contributed by atoms with E-state index in [1.165, 1.54) is 11.1 Å². The zero-order valence-electron chi connectivity index (χ0n) is 14.7. The van der Waals surface area contributed by atoms with Gasteiger partial charge in [-0.15, -0.1) is 0 Å². The van der Waals surface area contributed by atoms with E-state index in [1.807, 2.05) is 25.1 Å². The quantitative estimate of drug-likeness (QED) is 0.652. The van der Waals surface area contributed by atoms with Crippen molar-refractivity contribution < 1.29 is 4.79 Å². The van der Waals surface area contributed by atoms with Crippen LogP contribution in [0.4, 0.5) is 11.4 Å². The number of hydrogen-bond donors (Lipinski definition) is 2. The molecule has 0 atom stereocenters. The van der Waals surface area contributed by atoms with Gasteiger partial charge in [0.15, 0.2) is 0 Å². The monoisotopic (exact) mass is 365 g/mol. The Labute approximate surface area is 158 Å². The molecule has 132 valence electrons. The summed E-state index contributed by atoms with van der Waals surface area (Å²) in [6.45, 7) is 4.66. The maximum atomic E-state index is 12.5. The van der Waals surface area contributed by atoms with Crippen LogP contribution in [0.5, 0.6) is 0 Å². The molecule has 0 spiro atoms. The molecule has 3 aromatic rings. The molecule has 2 N–H and O–H groups in total. The molecule has 0 aliphatic heterocycles. The number of rotatable bonds is 5. The third kappa shape index (κ3) is 4.61. The Morgan fingerprint density at radius 3 is 2.73 bits per heavy atom. The molecule has 26 heavy (non-hydrogen) atoms. The van der Waals surface area contributed by atoms with E-state index in [0.29, 0.717) is 22.9 Å². The normalized spacial score (nSPS) is 10.4. The lowest BCUT2D eigenvalue weighted by Crippen LogP contribution is -2.14. The Kier molecular flexibility index (Phi) is 5.54. The molecule has 0 saturated heterocycles. The first-order chi connectivity index (χ1) is 12.5. The topological polar surface area (TPSA) is 54.0 Å². The fraction of sp³-hybridized carbons (Fsp3) is 0.143. The van der Waals surface area contributed by atoms with Gasteiger partial charge < -0.3 is 10.6 Å². The number of carbonyl (C=O) groups excluding carboxylic acids is 1. The third-order valence-corrected chi connectivity index (χ3v) is 4.25. The van der Waals surface area contributed by atoms with E-state index < -0.39 is 0 Å². The highest BCUT2D eigenvalue weighted by molar-refractivity contribution is 6.31. The third-order valence-electron chi connectivity index (χ3n) is 4.02. The van der Waals surface area contributed by atoms with E-state index in [9.17, 15) is 4.79 Å². The molecule has 0 radical (unpaired) electrons. The molecule has 1 amide bonds. The van der Waals surface area contributed by atoms with Crippen molar-refractivity contribution in [3.05, 3.63) is 88.2 Å². The maximum absolute atomic E-state index is 12.5. The van der Waals surface area contributed by atoms with Crippen LogP contribution in [0.15, 0.2) is 60.8 Å². The lowest BCUT2D eigenvalue weighted by Gasteiger charge is -2.10. The number of anilines is 2. The van der Waals surface area contributed by atoms with Gasteiger partial charge in [0.25, 0.3) is 5.91 Å². The van der Waals surface area contributed by atoms with Gasteiger partial charge in [-0.3, -0.25) is 9.78 Å². The second-order valence-corrected chi connectivity index (χ2v) is 6.62. The molecule has 0 unspecified atom stereocenters. The van der Waals surface area contributed by atoms with Crippen LogP contribution < -0.4 is 10.6 Å². The van der Waals surface area contributed by atoms with Crippen molar-refractivity contribution in [3.8, 4) is 0 Å². The van der Waals surface area contributed by atoms with Crippen molar-refractivity contribution in [1.29, 1.82) is 0 Å². The number of pyridine rings is 1. The van der Waals surface area contributed by atoms with Crippen LogP contribution in [0.1, 0.15) is 27.2 Å². The smallest absolute Gasteiger partial charge is 0.274 e. The van der Waals surface area contributed by atoms with Crippen molar-refractivity contribution in [2.45, 2.75) is 20.4 Å². The predicted molar refractivity (Wildman–Crippen MR) is 107 cm³/mol. The molecule has 3 rings (SSSR count). The molecule has 1 heterocycles. The first-order valence-electron chi connectivity index (χ1n) is 8.34. The Morgan fingerprint density at radius 1 is 1.08 bits per heavy atom. The molecular formula is C21H20ClN3O. The first-order valence-corrected chi connectivity index (χ1v) is 8.72. The van der Waals surface area contributed by atoms with E-state index in [1.54, 1.807) is 24.4 Å². The predicted octanol–water partition coefficient (Wildman–Crippen LogP) is 5.22. The molecule has 0 aliphatic rings. The first kappa shape index (κ1) is 18.0. The SMILES string of the molecule is Cc1cccc(CNc2ccnc(C(=O)Nc3cc(Cl)ccc3C)c2)c1. The summed E-state index contributed by atoms with van der Waals surface area (Å²) in [4.78, 5) is 16.7. The van der Waals surface area contributed by atoms with Crippen LogP contribution in [0.3, 0.4) is 0 Å². The summed E-state index contributed by atoms with van der Waals surface area (Å²) in [5.41, 5.74) is 5.21. The number of halogens is 1. The molecule has 1 aromatic heterocycles. The van der Waals surface area contributed by atoms with E-state index >= 15 is 0 Å². The zero-order valence-corrected chi connectivity index (χ0v) is 15.5. The number of amides is 1. The van der Waals surface area contributed by atoms with Crippen LogP contribution >= 0.6 is 11.6 Å². The number of nitrogens with one attached hydrogen (secondary N) is 2. The Bertz CT molecular complexity index is 940. The molecule has 4 nitrogen and oxygen atoms in total. The second kappa shape index (κ2) is 8.02. The van der Waals surface area contributed by atoms with Crippen molar-refractivity contribution in [2.24, 2.45) is 0 Å². The number of aromatic nitrogens is 1. The van der Waals surface area contributed by atoms with Crippen molar-refractivity contribution in [3.63, 3.8) is 0 Å². The van der Waals surface area contributed by atoms with Gasteiger partial charge in [0.2, 0.25) is 0 Å². The van der Waals surface area contributed by atoms with Crippen LogP contribution in [0.25, 0.3) is 0 Å². The molecule has 2 aromatic carbocycles. The molecular weight excluding hydrogens is 346 g/mol. The Hall–Kier alpha value is -2.85. The highest BCUT2D eigenvalue weighted by atomic mass is 35.5. The largest absolute Gasteiger partial charge is 0.381 e. The Morgan fingerprint density at radius 2 is 1.92 bits per heavy atom. The van der Waals surface area contributed by atoms with E-state index in [0.717, 1.165) is 11.3 Å². The van der Waals surface area contributed by atoms with Gasteiger partial charge in [-0.05, 0) is 49.2 Å². The number of aryl methyl sites for hydroxylation is 2. The second-order valence-electron chi connectivity index (χ2n) is 6.19. The molecule has 0 aliphatic carbocycles. The van der Waals surface area contributed by atoms with Gasteiger partial charge in [0.1, 0.15) is 5.69 Å². The number of hydrogen-bond acceptors (Lipinski definition) is 3. The lowest BCUT2D eigenvalue weighted by atomic mass is 10.1. The van der Waals surface area contributed by atoms with Crippen molar-refractivity contribution in [2.75, 3.05) is 10.6 Å². The maximum Gasteiger partial charge on any atom is 0.274 e. The van der Waals surface area contributed by atoms with Crippen LogP contribution in [0.2, 0.25) is 5.02 Å². The van der Waals surface area contributed by atoms with E-state index in [-0.39, 0.29) is 5.91 Å². The van der Waals surface area contributed by atoms with Crippen LogP contribution in [0, 0.1) is 13.8 Å². The summed E-state index contributed by atoms with van der Waals surface area (Å²) >= 11 is 6.01. The minimum absolute atomic E-state index is 0.269. The van der Waals surface area contributed by atoms with E-state index in [2.05, 4.69) is 40.7 Å². The highest BCUT2D eigenvalue weighted by Crippen LogP contribution is 2.21. The summed E-state index contributed by atoms with van der Waals surface area (Å²) < 4.78 is 0. The number of benzene rings is 2. The molecule has 5 heteroatoms. The molecule has 0 bridgehead atoms. The van der Waals surface area contributed by atoms with Crippen molar-refractivity contribution >= 4 is 28.9 Å². The number of carbonyl (C=O) groups is 1. The summed E-state index contributed by atoms with van der Waals surface area (Å²) in [6, 6.07) is 17.3.